The van der Waals surface area contributed by atoms with Gasteiger partial charge >= 0.3 is 6.18 Å². The van der Waals surface area contributed by atoms with E-state index in [1.54, 1.807) is 55.2 Å². The molecule has 13 heteroatoms. The molecule has 37 heavy (non-hydrogen) atoms. The smallest absolute Gasteiger partial charge is 0.389 e. The van der Waals surface area contributed by atoms with Crippen LogP contribution in [0.2, 0.25) is 0 Å². The molecule has 0 bridgehead atoms. The number of aryl methyl sites for hydroxylation is 2. The molecule has 0 saturated heterocycles. The van der Waals surface area contributed by atoms with Crippen molar-refractivity contribution in [2.24, 2.45) is 0 Å². The number of alkyl halides is 3. The van der Waals surface area contributed by atoms with Crippen molar-refractivity contribution in [1.82, 2.24) is 39.5 Å². The molecular formula is C24H22F3N9O. The second-order valence-electron chi connectivity index (χ2n) is 8.58. The van der Waals surface area contributed by atoms with Crippen LogP contribution in [-0.2, 0) is 6.54 Å². The van der Waals surface area contributed by atoms with Crippen LogP contribution in [0.4, 0.5) is 24.8 Å². The molecule has 0 aromatic carbocycles. The average molecular weight is 509 g/mol. The van der Waals surface area contributed by atoms with Crippen LogP contribution in [0.25, 0.3) is 28.1 Å². The first-order valence-corrected chi connectivity index (χ1v) is 11.3. The van der Waals surface area contributed by atoms with Gasteiger partial charge in [0.2, 0.25) is 0 Å². The molecule has 0 amide bonds. The summed E-state index contributed by atoms with van der Waals surface area (Å²) in [7, 11) is 0. The molecule has 10 nitrogen and oxygen atoms in total. The number of pyridine rings is 2. The predicted molar refractivity (Wildman–Crippen MR) is 129 cm³/mol. The summed E-state index contributed by atoms with van der Waals surface area (Å²) in [5, 5.41) is 25.5. The number of aliphatic hydroxyl groups is 1. The minimum atomic E-state index is -4.42. The van der Waals surface area contributed by atoms with Gasteiger partial charge in [-0.2, -0.15) is 23.4 Å². The van der Waals surface area contributed by atoms with Crippen molar-refractivity contribution in [1.29, 1.82) is 0 Å². The molecule has 1 atom stereocenters. The quantitative estimate of drug-likeness (QED) is 0.345. The molecule has 5 aromatic rings. The van der Waals surface area contributed by atoms with Crippen LogP contribution in [0.3, 0.4) is 0 Å². The number of imidazole rings is 1. The maximum absolute atomic E-state index is 12.9. The highest BCUT2D eigenvalue weighted by Crippen LogP contribution is 2.31. The molecule has 0 saturated carbocycles. The van der Waals surface area contributed by atoms with Gasteiger partial charge in [0.15, 0.2) is 5.82 Å². The van der Waals surface area contributed by atoms with E-state index in [2.05, 4.69) is 30.6 Å². The van der Waals surface area contributed by atoms with Crippen LogP contribution in [0.15, 0.2) is 49.1 Å². The molecule has 0 spiro atoms. The largest absolute Gasteiger partial charge is 0.408 e. The summed E-state index contributed by atoms with van der Waals surface area (Å²) in [6.07, 6.45) is -0.818. The molecule has 0 fully saturated rings. The number of fused-ring (bicyclic) bond motifs is 1. The van der Waals surface area contributed by atoms with E-state index in [0.717, 1.165) is 10.4 Å². The number of hydrogen-bond acceptors (Lipinski definition) is 8. The summed E-state index contributed by atoms with van der Waals surface area (Å²) in [5.74, 6) is 1.52. The fourth-order valence-corrected chi connectivity index (χ4v) is 3.92. The van der Waals surface area contributed by atoms with Crippen molar-refractivity contribution in [3.05, 3.63) is 66.0 Å². The molecule has 2 N–H and O–H groups in total. The Balaban J connectivity index is 1.52. The van der Waals surface area contributed by atoms with Crippen LogP contribution >= 0.6 is 0 Å². The Morgan fingerprint density at radius 1 is 1.05 bits per heavy atom. The average Bonchev–Trinajstić information content (AvgIpc) is 3.41. The van der Waals surface area contributed by atoms with Gasteiger partial charge in [-0.25, -0.2) is 15.0 Å². The number of hydrogen-bond donors (Lipinski definition) is 2. The summed E-state index contributed by atoms with van der Waals surface area (Å²) in [5.41, 5.74) is 3.65. The van der Waals surface area contributed by atoms with Crippen LogP contribution in [0.1, 0.15) is 30.0 Å². The number of anilines is 2. The molecular weight excluding hydrogens is 487 g/mol. The van der Waals surface area contributed by atoms with E-state index in [-0.39, 0.29) is 0 Å². The number of rotatable bonds is 6. The van der Waals surface area contributed by atoms with E-state index in [9.17, 15) is 18.3 Å². The summed E-state index contributed by atoms with van der Waals surface area (Å²) in [6.45, 7) is 3.79. The molecule has 0 aliphatic rings. The maximum atomic E-state index is 12.9. The second-order valence-corrected chi connectivity index (χ2v) is 8.58. The Bertz CT molecular complexity index is 1570. The lowest BCUT2D eigenvalue weighted by atomic mass is 10.0. The Hall–Kier alpha value is -4.39. The lowest BCUT2D eigenvalue weighted by Gasteiger charge is -2.13. The topological polar surface area (TPSA) is 119 Å². The van der Waals surface area contributed by atoms with E-state index >= 15 is 0 Å². The van der Waals surface area contributed by atoms with Gasteiger partial charge in [-0.1, -0.05) is 6.07 Å². The minimum absolute atomic E-state index is 0.337. The zero-order chi connectivity index (χ0) is 26.3. The van der Waals surface area contributed by atoms with Gasteiger partial charge in [0.05, 0.1) is 40.4 Å². The first-order valence-electron chi connectivity index (χ1n) is 11.3. The zero-order valence-electron chi connectivity index (χ0n) is 20.1. The molecule has 5 aromatic heterocycles. The molecule has 0 radical (unpaired) electrons. The van der Waals surface area contributed by atoms with Gasteiger partial charge in [-0.3, -0.25) is 9.25 Å². The van der Waals surface area contributed by atoms with E-state index in [4.69, 9.17) is 4.98 Å². The summed E-state index contributed by atoms with van der Waals surface area (Å²) < 4.78 is 41.3. The summed E-state index contributed by atoms with van der Waals surface area (Å²) >= 11 is 0. The summed E-state index contributed by atoms with van der Waals surface area (Å²) in [4.78, 5) is 13.6. The van der Waals surface area contributed by atoms with Crippen LogP contribution in [-0.4, -0.2) is 50.8 Å². The normalized spacial score (nSPS) is 12.7. The van der Waals surface area contributed by atoms with Gasteiger partial charge in [0.1, 0.15) is 24.5 Å². The van der Waals surface area contributed by atoms with Gasteiger partial charge in [-0.05, 0) is 39.0 Å². The van der Waals surface area contributed by atoms with Crippen LogP contribution < -0.4 is 5.32 Å². The molecule has 0 aliphatic carbocycles. The number of nitrogens with zero attached hydrogens (tertiary/aromatic N) is 8. The Kier molecular flexibility index (Phi) is 6.07. The van der Waals surface area contributed by atoms with E-state index in [1.807, 2.05) is 13.0 Å². The first-order chi connectivity index (χ1) is 17.6. The third-order valence-electron chi connectivity index (χ3n) is 5.64. The molecule has 5 rings (SSSR count). The number of nitrogens with one attached hydrogen (secondary N) is 1. The van der Waals surface area contributed by atoms with Crippen molar-refractivity contribution in [2.45, 2.75) is 39.6 Å². The molecule has 0 aliphatic heterocycles. The van der Waals surface area contributed by atoms with Crippen molar-refractivity contribution < 1.29 is 18.3 Å². The highest BCUT2D eigenvalue weighted by molar-refractivity contribution is 5.79. The third kappa shape index (κ3) is 5.11. The maximum Gasteiger partial charge on any atom is 0.408 e. The van der Waals surface area contributed by atoms with Crippen molar-refractivity contribution >= 4 is 22.7 Å². The van der Waals surface area contributed by atoms with Crippen molar-refractivity contribution in [3.8, 4) is 17.1 Å². The fraction of sp³-hybridized carbons (Fsp3) is 0.250. The molecule has 5 heterocycles. The molecule has 190 valence electrons. The van der Waals surface area contributed by atoms with Crippen LogP contribution in [0.5, 0.6) is 0 Å². The number of aromatic nitrogens is 8. The fourth-order valence-electron chi connectivity index (χ4n) is 3.92. The SMILES string of the molecule is Cc1ccc(Nc2cc3ncn(-c4ccc(C(C)O)c(-c5cn(CC(F)(F)F)nc5C)n4)c3cn2)nn1. The zero-order valence-corrected chi connectivity index (χ0v) is 20.1. The highest BCUT2D eigenvalue weighted by Gasteiger charge is 2.29. The second kappa shape index (κ2) is 9.24. The third-order valence-corrected chi connectivity index (χ3v) is 5.64. The monoisotopic (exact) mass is 509 g/mol. The van der Waals surface area contributed by atoms with Crippen molar-refractivity contribution in [2.75, 3.05) is 5.32 Å². The highest BCUT2D eigenvalue weighted by atomic mass is 19.4. The van der Waals surface area contributed by atoms with E-state index in [0.29, 0.717) is 51.0 Å². The standard InChI is InChI=1S/C24H22F3N9O/c1-13-4-6-20(33-32-13)30-21-8-18-19(9-28-21)36(12-29-18)22-7-5-16(15(3)37)23(31-22)17-10-35(34-14(17)2)11-24(25,26)27/h4-10,12,15,37H,11H2,1-3H3,(H,28,30,33). The lowest BCUT2D eigenvalue weighted by Crippen LogP contribution is -2.17. The number of halogens is 3. The van der Waals surface area contributed by atoms with Gasteiger partial charge in [0, 0.05) is 23.4 Å². The van der Waals surface area contributed by atoms with Crippen molar-refractivity contribution in [3.63, 3.8) is 0 Å². The first kappa shape index (κ1) is 24.3. The Labute approximate surface area is 208 Å². The van der Waals surface area contributed by atoms with E-state index < -0.39 is 18.8 Å². The number of aliphatic hydroxyl groups excluding tert-OH is 1. The Morgan fingerprint density at radius 3 is 2.57 bits per heavy atom. The minimum Gasteiger partial charge on any atom is -0.389 e. The summed E-state index contributed by atoms with van der Waals surface area (Å²) in [6, 6.07) is 8.77. The van der Waals surface area contributed by atoms with Gasteiger partial charge < -0.3 is 10.4 Å². The van der Waals surface area contributed by atoms with E-state index in [1.165, 1.54) is 6.20 Å². The Morgan fingerprint density at radius 2 is 1.86 bits per heavy atom. The lowest BCUT2D eigenvalue weighted by molar-refractivity contribution is -0.142. The molecule has 1 unspecified atom stereocenters. The predicted octanol–water partition coefficient (Wildman–Crippen LogP) is 4.45. The van der Waals surface area contributed by atoms with Gasteiger partial charge in [-0.15, -0.1) is 5.10 Å². The van der Waals surface area contributed by atoms with Gasteiger partial charge in [0.25, 0.3) is 0 Å². The van der Waals surface area contributed by atoms with Crippen LogP contribution in [0, 0.1) is 13.8 Å².